The van der Waals surface area contributed by atoms with Gasteiger partial charge in [0.05, 0.1) is 0 Å². The Hall–Kier alpha value is 0.334. The first-order valence-electron chi connectivity index (χ1n) is 19.4. The Kier molecular flexibility index (Phi) is 49.9. The summed E-state index contributed by atoms with van der Waals surface area (Å²) >= 11 is 12.1. The second-order valence-electron chi connectivity index (χ2n) is 13.3. The van der Waals surface area contributed by atoms with Gasteiger partial charge in [0.25, 0.3) is 0 Å². The van der Waals surface area contributed by atoms with Gasteiger partial charge in [-0.2, -0.15) is 0 Å². The number of allylic oxidation sites excluding steroid dienone is 2. The molecule has 0 fully saturated rings. The molecule has 0 aliphatic heterocycles. The molecule has 0 saturated heterocycles. The van der Waals surface area contributed by atoms with E-state index in [0.29, 0.717) is 6.04 Å². The van der Waals surface area contributed by atoms with Gasteiger partial charge in [-0.3, -0.25) is 0 Å². The molecule has 2 N–H and O–H groups in total. The molecular formula is C40H86Cl2O4Si2. The van der Waals surface area contributed by atoms with Crippen molar-refractivity contribution in [1.82, 2.24) is 0 Å². The van der Waals surface area contributed by atoms with Crippen molar-refractivity contribution < 1.29 is 18.4 Å². The molecule has 0 radical (unpaired) electrons. The predicted molar refractivity (Wildman–Crippen MR) is 224 cm³/mol. The minimum absolute atomic E-state index is 0. The highest BCUT2D eigenvalue weighted by atomic mass is 35.7. The van der Waals surface area contributed by atoms with E-state index in [4.69, 9.17) is 31.0 Å². The van der Waals surface area contributed by atoms with Crippen molar-refractivity contribution >= 4 is 37.9 Å². The van der Waals surface area contributed by atoms with Crippen molar-refractivity contribution in [2.24, 2.45) is 0 Å². The molecule has 0 bridgehead atoms. The van der Waals surface area contributed by atoms with Crippen molar-refractivity contribution in [2.75, 3.05) is 14.2 Å². The first-order chi connectivity index (χ1) is 22.2. The Morgan fingerprint density at radius 3 is 0.875 bits per heavy atom. The Labute approximate surface area is 314 Å². The molecule has 292 valence electrons. The maximum atomic E-state index is 9.41. The maximum Gasteiger partial charge on any atom is 0.495 e. The summed E-state index contributed by atoms with van der Waals surface area (Å²) in [5, 5.41) is 0. The molecule has 8 heteroatoms. The van der Waals surface area contributed by atoms with Crippen LogP contribution in [0.2, 0.25) is 12.1 Å². The highest BCUT2D eigenvalue weighted by molar-refractivity contribution is 7.42. The van der Waals surface area contributed by atoms with Crippen LogP contribution in [0.15, 0.2) is 25.3 Å². The third-order valence-electron chi connectivity index (χ3n) is 8.91. The van der Waals surface area contributed by atoms with Crippen molar-refractivity contribution in [2.45, 2.75) is 220 Å². The lowest BCUT2D eigenvalue weighted by Crippen LogP contribution is -2.37. The van der Waals surface area contributed by atoms with Crippen LogP contribution in [0.1, 0.15) is 207 Å². The van der Waals surface area contributed by atoms with E-state index in [1.165, 1.54) is 180 Å². The lowest BCUT2D eigenvalue weighted by atomic mass is 10.0. The van der Waals surface area contributed by atoms with E-state index >= 15 is 0 Å². The van der Waals surface area contributed by atoms with Gasteiger partial charge in [0.1, 0.15) is 0 Å². The first kappa shape index (κ1) is 55.1. The summed E-state index contributed by atoms with van der Waals surface area (Å²) in [4.78, 5) is 18.8. The molecule has 0 atom stereocenters. The molecule has 0 aromatic rings. The number of rotatable bonds is 36. The summed E-state index contributed by atoms with van der Waals surface area (Å²) in [7, 11) is -0.284. The summed E-state index contributed by atoms with van der Waals surface area (Å²) in [6.07, 6.45) is 43.6. The van der Waals surface area contributed by atoms with E-state index in [-0.39, 0.29) is 14.9 Å². The summed E-state index contributed by atoms with van der Waals surface area (Å²) in [5.41, 5.74) is 0. The molecule has 0 aliphatic rings. The van der Waals surface area contributed by atoms with Crippen LogP contribution in [0.5, 0.6) is 0 Å². The number of halogens is 2. The molecule has 0 aromatic heterocycles. The van der Waals surface area contributed by atoms with E-state index in [9.17, 15) is 9.59 Å². The van der Waals surface area contributed by atoms with Crippen molar-refractivity contribution in [3.63, 3.8) is 0 Å². The first-order valence-corrected chi connectivity index (χ1v) is 25.5. The van der Waals surface area contributed by atoms with Gasteiger partial charge in [-0.15, -0.1) is 35.3 Å². The van der Waals surface area contributed by atoms with Gasteiger partial charge < -0.3 is 18.4 Å². The second kappa shape index (κ2) is 43.5. The normalized spacial score (nSPS) is 11.3. The van der Waals surface area contributed by atoms with Gasteiger partial charge in [-0.1, -0.05) is 188 Å². The lowest BCUT2D eigenvalue weighted by Gasteiger charge is -2.13. The van der Waals surface area contributed by atoms with Gasteiger partial charge in [-0.05, 0) is 38.1 Å². The van der Waals surface area contributed by atoms with E-state index in [0.717, 1.165) is 25.3 Å². The average Bonchev–Trinajstić information content (AvgIpc) is 3.04. The topological polar surface area (TPSA) is 58.9 Å². The minimum Gasteiger partial charge on any atom is -0.396 e. The molecule has 48 heavy (non-hydrogen) atoms. The van der Waals surface area contributed by atoms with Crippen LogP contribution in [-0.2, 0) is 8.85 Å². The third kappa shape index (κ3) is 48.4. The van der Waals surface area contributed by atoms with E-state index < -0.39 is 15.7 Å². The molecule has 4 nitrogen and oxygen atoms in total. The van der Waals surface area contributed by atoms with Gasteiger partial charge in [0, 0.05) is 20.3 Å². The predicted octanol–water partition coefficient (Wildman–Crippen LogP) is 15.0. The van der Waals surface area contributed by atoms with Crippen molar-refractivity contribution in [1.29, 1.82) is 0 Å². The largest absolute Gasteiger partial charge is 0.495 e. The van der Waals surface area contributed by atoms with Crippen LogP contribution in [0.3, 0.4) is 0 Å². The average molecular weight is 758 g/mol. The third-order valence-corrected chi connectivity index (χ3v) is 14.2. The molecule has 0 aromatic carbocycles. The molecule has 0 unspecified atom stereocenters. The van der Waals surface area contributed by atoms with Crippen molar-refractivity contribution in [3.8, 4) is 0 Å². The zero-order chi connectivity index (χ0) is 34.5. The van der Waals surface area contributed by atoms with Crippen LogP contribution in [0.4, 0.5) is 0 Å². The van der Waals surface area contributed by atoms with Gasteiger partial charge in [0.2, 0.25) is 0 Å². The second-order valence-corrected chi connectivity index (χ2v) is 22.2. The van der Waals surface area contributed by atoms with Gasteiger partial charge >= 0.3 is 15.7 Å². The maximum absolute atomic E-state index is 9.41. The summed E-state index contributed by atoms with van der Waals surface area (Å²) in [5.74, 6) is 0. The van der Waals surface area contributed by atoms with Crippen LogP contribution in [-0.4, -0.2) is 39.6 Å². The fraction of sp³-hybridized carbons (Fsp3) is 0.900. The minimum atomic E-state index is -3.29. The fourth-order valence-electron chi connectivity index (χ4n) is 5.71. The lowest BCUT2D eigenvalue weighted by molar-refractivity contribution is 0.183. The van der Waals surface area contributed by atoms with Crippen molar-refractivity contribution in [3.05, 3.63) is 25.3 Å². The molecule has 0 amide bonds. The molecule has 0 heterocycles. The molecular weight excluding hydrogens is 672 g/mol. The molecule has 0 rings (SSSR count). The number of unbranched alkanes of at least 4 members (excludes halogenated alkanes) is 28. The summed E-state index contributed by atoms with van der Waals surface area (Å²) in [6, 6.07) is 1.30. The Morgan fingerprint density at radius 1 is 0.417 bits per heavy atom. The molecule has 0 aliphatic carbocycles. The van der Waals surface area contributed by atoms with Crippen LogP contribution in [0.25, 0.3) is 0 Å². The number of hydrogen-bond donors (Lipinski definition) is 2. The Bertz CT molecular complexity index is 572. The standard InChI is InChI=1S/C19H38Cl2OSi.C19H40O3Si.2CH4/c2*1-3-4-5-6-7-8-9-10-11-12-13-14-15-16-17-18-19-23(20,21)22-2;;/h3H,1,4-19H2,2H3;3,20-21H,1,4-19H2,2H3;2*1H4. The molecule has 0 saturated carbocycles. The summed E-state index contributed by atoms with van der Waals surface area (Å²) in [6.45, 7) is 5.17. The van der Waals surface area contributed by atoms with Gasteiger partial charge in [-0.25, -0.2) is 0 Å². The van der Waals surface area contributed by atoms with E-state index in [2.05, 4.69) is 13.2 Å². The Morgan fingerprint density at radius 2 is 0.646 bits per heavy atom. The smallest absolute Gasteiger partial charge is 0.396 e. The highest BCUT2D eigenvalue weighted by Gasteiger charge is 2.29. The quantitative estimate of drug-likeness (QED) is 0.0289. The zero-order valence-corrected chi connectivity index (χ0v) is 34.2. The fourth-order valence-corrected chi connectivity index (χ4v) is 8.29. The van der Waals surface area contributed by atoms with Crippen LogP contribution in [0, 0.1) is 0 Å². The van der Waals surface area contributed by atoms with Crippen LogP contribution < -0.4 is 0 Å². The number of hydrogen-bond acceptors (Lipinski definition) is 4. The van der Waals surface area contributed by atoms with E-state index in [1.54, 1.807) is 7.11 Å². The van der Waals surface area contributed by atoms with Crippen LogP contribution >= 0.6 is 22.2 Å². The monoisotopic (exact) mass is 757 g/mol. The Balaban J connectivity index is -0.000000387. The highest BCUT2D eigenvalue weighted by Crippen LogP contribution is 2.24. The molecule has 0 spiro atoms. The summed E-state index contributed by atoms with van der Waals surface area (Å²) < 4.78 is 9.84. The SMILES string of the molecule is C.C.C=CCCCCCCCCCCCCCCCC[Si](Cl)(Cl)OC.C=CCCCCCCCCCCCCCCCC[Si](O)(O)OC. The van der Waals surface area contributed by atoms with Gasteiger partial charge in [0.15, 0.2) is 0 Å². The zero-order valence-electron chi connectivity index (χ0n) is 30.7. The van der Waals surface area contributed by atoms with E-state index in [1.807, 2.05) is 12.2 Å².